The zero-order valence-corrected chi connectivity index (χ0v) is 18.8. The number of nitrogens with zero attached hydrogens (tertiary/aromatic N) is 3. The Kier molecular flexibility index (Phi) is 7.90. The molecule has 0 aliphatic carbocycles. The van der Waals surface area contributed by atoms with E-state index in [-0.39, 0.29) is 30.4 Å². The summed E-state index contributed by atoms with van der Waals surface area (Å²) in [4.78, 5) is 27.4. The number of nitrogens with one attached hydrogen (secondary N) is 1. The van der Waals surface area contributed by atoms with Crippen LogP contribution in [-0.2, 0) is 14.4 Å². The quantitative estimate of drug-likeness (QED) is 0.491. The maximum absolute atomic E-state index is 14.4. The highest BCUT2D eigenvalue weighted by molar-refractivity contribution is 7.96. The van der Waals surface area contributed by atoms with Gasteiger partial charge in [0, 0.05) is 30.4 Å². The van der Waals surface area contributed by atoms with E-state index >= 15 is 0 Å². The number of alkyl halides is 2. The van der Waals surface area contributed by atoms with E-state index in [0.29, 0.717) is 23.5 Å². The first-order valence-electron chi connectivity index (χ1n) is 9.86. The number of halogens is 5. The lowest BCUT2D eigenvalue weighted by molar-refractivity contribution is -0.191. The van der Waals surface area contributed by atoms with Crippen LogP contribution in [0, 0.1) is 24.4 Å². The Balaban J connectivity index is 0.00000103. The Labute approximate surface area is 195 Å². The first kappa shape index (κ1) is 25.6. The molecule has 2 aliphatic heterocycles. The average Bonchev–Trinajstić information content (AvgIpc) is 3.22. The monoisotopic (exact) mass is 502 g/mol. The van der Waals surface area contributed by atoms with E-state index in [1.807, 2.05) is 0 Å². The van der Waals surface area contributed by atoms with E-state index in [4.69, 9.17) is 14.4 Å². The van der Waals surface area contributed by atoms with Crippen LogP contribution in [0.25, 0.3) is 11.1 Å². The van der Waals surface area contributed by atoms with Crippen LogP contribution in [0.1, 0.15) is 23.8 Å². The van der Waals surface area contributed by atoms with Crippen LogP contribution in [0.15, 0.2) is 29.6 Å². The van der Waals surface area contributed by atoms with Gasteiger partial charge in [0.15, 0.2) is 6.10 Å². The van der Waals surface area contributed by atoms with Gasteiger partial charge in [0.05, 0.1) is 24.2 Å². The summed E-state index contributed by atoms with van der Waals surface area (Å²) >= 11 is 1.24. The van der Waals surface area contributed by atoms with Gasteiger partial charge in [-0.15, -0.1) is 0 Å². The van der Waals surface area contributed by atoms with Crippen LogP contribution in [0.4, 0.5) is 22.0 Å². The number of carbonyl (C=O) groups excluding carboxylic acids is 2. The van der Waals surface area contributed by atoms with Crippen molar-refractivity contribution in [2.24, 2.45) is 5.16 Å². The maximum atomic E-state index is 14.4. The zero-order valence-electron chi connectivity index (χ0n) is 17.9. The first-order valence-corrected chi connectivity index (χ1v) is 11.1. The minimum atomic E-state index is -2.86. The van der Waals surface area contributed by atoms with Gasteiger partial charge < -0.3 is 9.74 Å². The molecule has 0 radical (unpaired) electrons. The molecule has 0 bridgehead atoms. The standard InChI is InChI=1S/C20H19F5N4OS.CO2/c1-10-3-12(18-13(22)4-11(21)5-14(18)23)19(26-7-10)15-6-17(28-30-15)29-9-20(24,25)16(29)8-27-31-2;2-1-3/h3-5,7,15-16,27H,6,8-9H2,1-2H3;. The molecule has 0 amide bonds. The van der Waals surface area contributed by atoms with Crippen molar-refractivity contribution in [1.82, 2.24) is 14.6 Å². The molecule has 3 heterocycles. The summed E-state index contributed by atoms with van der Waals surface area (Å²) in [6.07, 6.45) is 2.78. The van der Waals surface area contributed by atoms with E-state index in [1.54, 1.807) is 13.2 Å². The smallest absolute Gasteiger partial charge is 0.373 e. The second kappa shape index (κ2) is 10.5. The Bertz CT molecular complexity index is 1100. The van der Waals surface area contributed by atoms with Gasteiger partial charge in [0.1, 0.15) is 29.3 Å². The van der Waals surface area contributed by atoms with Crippen LogP contribution >= 0.6 is 11.9 Å². The number of rotatable bonds is 5. The Morgan fingerprint density at radius 1 is 1.24 bits per heavy atom. The molecule has 1 fully saturated rings. The summed E-state index contributed by atoms with van der Waals surface area (Å²) in [5.74, 6) is -5.73. The number of aromatic nitrogens is 1. The van der Waals surface area contributed by atoms with Crippen molar-refractivity contribution in [2.45, 2.75) is 31.4 Å². The molecule has 0 saturated carbocycles. The molecule has 34 heavy (non-hydrogen) atoms. The fraction of sp³-hybridized carbons (Fsp3) is 0.381. The number of oxime groups is 1. The highest BCUT2D eigenvalue weighted by atomic mass is 32.2. The van der Waals surface area contributed by atoms with Gasteiger partial charge in [-0.3, -0.25) is 9.71 Å². The van der Waals surface area contributed by atoms with Crippen LogP contribution in [0.3, 0.4) is 0 Å². The second-order valence-corrected chi connectivity index (χ2v) is 8.23. The third-order valence-corrected chi connectivity index (χ3v) is 5.74. The molecular weight excluding hydrogens is 483 g/mol. The van der Waals surface area contributed by atoms with Crippen LogP contribution in [0.2, 0.25) is 0 Å². The fourth-order valence-electron chi connectivity index (χ4n) is 3.77. The van der Waals surface area contributed by atoms with Crippen LogP contribution in [-0.4, -0.2) is 53.2 Å². The summed E-state index contributed by atoms with van der Waals surface area (Å²) < 4.78 is 73.1. The van der Waals surface area contributed by atoms with E-state index in [2.05, 4.69) is 14.9 Å². The number of aryl methyl sites for hydroxylation is 1. The van der Waals surface area contributed by atoms with E-state index < -0.39 is 47.6 Å². The zero-order chi connectivity index (χ0) is 25.0. The van der Waals surface area contributed by atoms with Crippen molar-refractivity contribution in [1.29, 1.82) is 0 Å². The molecule has 182 valence electrons. The van der Waals surface area contributed by atoms with Crippen molar-refractivity contribution in [3.63, 3.8) is 0 Å². The van der Waals surface area contributed by atoms with Gasteiger partial charge in [-0.05, 0) is 24.8 Å². The average molecular weight is 502 g/mol. The van der Waals surface area contributed by atoms with Gasteiger partial charge in [0.25, 0.3) is 5.92 Å². The van der Waals surface area contributed by atoms with Crippen LogP contribution in [0.5, 0.6) is 0 Å². The highest BCUT2D eigenvalue weighted by Gasteiger charge is 2.56. The second-order valence-electron chi connectivity index (χ2n) is 7.54. The van der Waals surface area contributed by atoms with Gasteiger partial charge in [0.2, 0.25) is 0 Å². The minimum absolute atomic E-state index is 0.0535. The molecule has 1 saturated heterocycles. The lowest BCUT2D eigenvalue weighted by Gasteiger charge is -2.48. The van der Waals surface area contributed by atoms with Crippen molar-refractivity contribution in [2.75, 3.05) is 19.3 Å². The predicted octanol–water partition coefficient (Wildman–Crippen LogP) is 3.85. The number of hydrogen-bond donors (Lipinski definition) is 1. The summed E-state index contributed by atoms with van der Waals surface area (Å²) in [7, 11) is 0. The molecule has 2 atom stereocenters. The Hall–Kier alpha value is -3.02. The lowest BCUT2D eigenvalue weighted by Crippen LogP contribution is -2.69. The number of benzene rings is 1. The third kappa shape index (κ3) is 5.21. The topological polar surface area (TPSA) is 83.9 Å². The summed E-state index contributed by atoms with van der Waals surface area (Å²) in [5, 5.41) is 3.94. The molecule has 2 aromatic rings. The van der Waals surface area contributed by atoms with Gasteiger partial charge in [-0.1, -0.05) is 17.1 Å². The molecule has 1 N–H and O–H groups in total. The number of amidine groups is 1. The van der Waals surface area contributed by atoms with Gasteiger partial charge >= 0.3 is 6.15 Å². The largest absolute Gasteiger partial charge is 0.384 e. The van der Waals surface area contributed by atoms with Crippen molar-refractivity contribution in [3.05, 3.63) is 53.1 Å². The van der Waals surface area contributed by atoms with Crippen molar-refractivity contribution < 1.29 is 36.4 Å². The lowest BCUT2D eigenvalue weighted by atomic mass is 9.94. The molecule has 0 spiro atoms. The van der Waals surface area contributed by atoms with Crippen molar-refractivity contribution in [3.8, 4) is 11.1 Å². The number of pyridine rings is 1. The SMILES string of the molecule is CSNCC1N(C2=NOC(c3ncc(C)cc3-c3c(F)cc(F)cc3F)C2)CC1(F)F.O=C=O. The molecule has 2 unspecified atom stereocenters. The fourth-order valence-corrected chi connectivity index (χ4v) is 4.09. The van der Waals surface area contributed by atoms with Crippen LogP contribution < -0.4 is 4.72 Å². The Morgan fingerprint density at radius 3 is 2.47 bits per heavy atom. The molecule has 1 aromatic carbocycles. The predicted molar refractivity (Wildman–Crippen MR) is 112 cm³/mol. The van der Waals surface area contributed by atoms with Gasteiger partial charge in [-0.2, -0.15) is 9.59 Å². The summed E-state index contributed by atoms with van der Waals surface area (Å²) in [6, 6.07) is 1.63. The highest BCUT2D eigenvalue weighted by Crippen LogP contribution is 2.41. The third-order valence-electron chi connectivity index (χ3n) is 5.29. The summed E-state index contributed by atoms with van der Waals surface area (Å²) in [6.45, 7) is 1.26. The minimum Gasteiger partial charge on any atom is -0.384 e. The van der Waals surface area contributed by atoms with E-state index in [0.717, 1.165) is 0 Å². The van der Waals surface area contributed by atoms with E-state index in [1.165, 1.54) is 29.1 Å². The van der Waals surface area contributed by atoms with Gasteiger partial charge in [-0.25, -0.2) is 22.0 Å². The molecule has 2 aliphatic rings. The summed E-state index contributed by atoms with van der Waals surface area (Å²) in [5.41, 5.74) is 0.500. The number of likely N-dealkylation sites (tertiary alicyclic amines) is 1. The molecular formula is C21H19F5N4O3S. The van der Waals surface area contributed by atoms with Crippen molar-refractivity contribution >= 4 is 23.9 Å². The molecule has 4 rings (SSSR count). The first-order chi connectivity index (χ1) is 16.1. The van der Waals surface area contributed by atoms with E-state index in [9.17, 15) is 22.0 Å². The Morgan fingerprint density at radius 2 is 1.88 bits per heavy atom. The maximum Gasteiger partial charge on any atom is 0.373 e. The normalized spacial score (nSPS) is 20.4. The molecule has 7 nitrogen and oxygen atoms in total. The number of hydrogen-bond acceptors (Lipinski definition) is 8. The molecule has 1 aromatic heterocycles. The molecule has 13 heteroatoms.